The molecule has 3 heterocycles. The number of fused-ring (bicyclic) bond motifs is 3. The lowest BCUT2D eigenvalue weighted by molar-refractivity contribution is -0.143. The number of methoxy groups -OCH3 is 1. The van der Waals surface area contributed by atoms with Crippen molar-refractivity contribution >= 4 is 47.9 Å². The van der Waals surface area contributed by atoms with Crippen molar-refractivity contribution in [3.8, 4) is 5.75 Å². The van der Waals surface area contributed by atoms with Crippen LogP contribution in [0.1, 0.15) is 41.6 Å². The van der Waals surface area contributed by atoms with Crippen molar-refractivity contribution in [1.82, 2.24) is 4.98 Å². The van der Waals surface area contributed by atoms with Crippen LogP contribution in [0.25, 0.3) is 11.6 Å². The summed E-state index contributed by atoms with van der Waals surface area (Å²) in [5.41, 5.74) is -1.05. The van der Waals surface area contributed by atoms with Gasteiger partial charge < -0.3 is 19.5 Å². The number of pyridine rings is 1. The predicted molar refractivity (Wildman–Crippen MR) is 175 cm³/mol. The number of halogens is 7. The van der Waals surface area contributed by atoms with Crippen LogP contribution in [-0.4, -0.2) is 53.9 Å². The monoisotopic (exact) mass is 734 g/mol. The summed E-state index contributed by atoms with van der Waals surface area (Å²) in [5, 5.41) is 21.0. The number of benzene rings is 2. The number of amides is 2. The van der Waals surface area contributed by atoms with Gasteiger partial charge in [-0.1, -0.05) is 17.7 Å². The summed E-state index contributed by atoms with van der Waals surface area (Å²) >= 11 is 6.39. The molecule has 268 valence electrons. The topological polar surface area (TPSA) is 109 Å². The first kappa shape index (κ1) is 36.6. The molecule has 3 aliphatic rings. The first-order chi connectivity index (χ1) is 24.1. The van der Waals surface area contributed by atoms with Gasteiger partial charge in [0.15, 0.2) is 0 Å². The second-order valence-electron chi connectivity index (χ2n) is 12.7. The highest BCUT2D eigenvalue weighted by Gasteiger charge is 2.58. The Morgan fingerprint density at radius 1 is 1.04 bits per heavy atom. The van der Waals surface area contributed by atoms with Crippen LogP contribution in [-0.2, 0) is 31.3 Å². The molecule has 2 fully saturated rings. The van der Waals surface area contributed by atoms with Crippen LogP contribution >= 0.6 is 11.6 Å². The molecular formula is C35H30BClF6N2O6. The Morgan fingerprint density at radius 2 is 1.75 bits per heavy atom. The highest BCUT2D eigenvalue weighted by Crippen LogP contribution is 2.52. The SMILES string of the molecule is COCC1=C2[C@@H](CC/C(=C/c3ccc(O)cc3Cl)c3ccccn3)OB(O)C[C@@H]2[C@@H]2C(=O)N(c3cc(C(F)(F)F)cc(C(F)(F)F)c3)C(=O)[C@@H]2C1. The van der Waals surface area contributed by atoms with Crippen molar-refractivity contribution in [3.05, 3.63) is 99.3 Å². The molecule has 0 saturated carbocycles. The average molecular weight is 735 g/mol. The van der Waals surface area contributed by atoms with Gasteiger partial charge in [-0.15, -0.1) is 0 Å². The van der Waals surface area contributed by atoms with Gasteiger partial charge in [0, 0.05) is 13.3 Å². The summed E-state index contributed by atoms with van der Waals surface area (Å²) in [6, 6.07) is 10.5. The van der Waals surface area contributed by atoms with Gasteiger partial charge >= 0.3 is 19.5 Å². The van der Waals surface area contributed by atoms with Crippen molar-refractivity contribution < 1.29 is 55.5 Å². The molecule has 2 N–H and O–H groups in total. The zero-order valence-corrected chi connectivity index (χ0v) is 27.6. The summed E-state index contributed by atoms with van der Waals surface area (Å²) in [5.74, 6) is -5.04. The number of hydrogen-bond acceptors (Lipinski definition) is 7. The molecular weight excluding hydrogens is 705 g/mol. The third kappa shape index (κ3) is 7.43. The number of alkyl halides is 6. The van der Waals surface area contributed by atoms with E-state index >= 15 is 0 Å². The largest absolute Gasteiger partial charge is 0.508 e. The van der Waals surface area contributed by atoms with Crippen molar-refractivity contribution in [3.63, 3.8) is 0 Å². The Balaban J connectivity index is 1.36. The summed E-state index contributed by atoms with van der Waals surface area (Å²) < 4.78 is 93.7. The minimum atomic E-state index is -5.19. The van der Waals surface area contributed by atoms with Crippen LogP contribution in [0.2, 0.25) is 11.3 Å². The molecule has 0 spiro atoms. The number of ether oxygens (including phenoxy) is 1. The third-order valence-corrected chi connectivity index (χ3v) is 9.77. The van der Waals surface area contributed by atoms with E-state index in [-0.39, 0.29) is 42.6 Å². The molecule has 2 amide bonds. The zero-order valence-electron chi connectivity index (χ0n) is 26.8. The van der Waals surface area contributed by atoms with E-state index in [1.54, 1.807) is 36.5 Å². The molecule has 1 aliphatic carbocycles. The average Bonchev–Trinajstić information content (AvgIpc) is 3.32. The van der Waals surface area contributed by atoms with E-state index in [1.165, 1.54) is 19.2 Å². The number of rotatable bonds is 8. The van der Waals surface area contributed by atoms with E-state index in [0.29, 0.717) is 51.4 Å². The number of imide groups is 1. The van der Waals surface area contributed by atoms with Gasteiger partial charge in [-0.2, -0.15) is 26.3 Å². The van der Waals surface area contributed by atoms with E-state index in [1.807, 2.05) is 0 Å². The van der Waals surface area contributed by atoms with Crippen LogP contribution in [0.4, 0.5) is 32.0 Å². The maximum Gasteiger partial charge on any atom is 0.455 e. The smallest absolute Gasteiger partial charge is 0.455 e. The van der Waals surface area contributed by atoms with Gasteiger partial charge in [-0.05, 0) is 108 Å². The van der Waals surface area contributed by atoms with E-state index < -0.39 is 72.0 Å². The number of carbonyl (C=O) groups excluding carboxylic acids is 2. The molecule has 0 unspecified atom stereocenters. The Labute approximate surface area is 293 Å². The quantitative estimate of drug-likeness (QED) is 0.107. The fourth-order valence-electron chi connectivity index (χ4n) is 7.33. The molecule has 2 aliphatic heterocycles. The molecule has 2 saturated heterocycles. The summed E-state index contributed by atoms with van der Waals surface area (Å²) in [7, 11) is 0.0169. The second kappa shape index (κ2) is 14.1. The van der Waals surface area contributed by atoms with Crippen molar-refractivity contribution in [2.45, 2.75) is 44.0 Å². The van der Waals surface area contributed by atoms with E-state index in [2.05, 4.69) is 4.98 Å². The van der Waals surface area contributed by atoms with E-state index in [0.717, 1.165) is 0 Å². The molecule has 0 bridgehead atoms. The van der Waals surface area contributed by atoms with Crippen molar-refractivity contribution in [2.75, 3.05) is 18.6 Å². The summed E-state index contributed by atoms with van der Waals surface area (Å²) in [6.45, 7) is 0.000311. The number of allylic oxidation sites excluding steroid dienone is 1. The molecule has 8 nitrogen and oxygen atoms in total. The summed E-state index contributed by atoms with van der Waals surface area (Å²) in [4.78, 5) is 32.7. The van der Waals surface area contributed by atoms with Gasteiger partial charge in [0.2, 0.25) is 11.8 Å². The van der Waals surface area contributed by atoms with Gasteiger partial charge in [0.1, 0.15) is 5.75 Å². The highest BCUT2D eigenvalue weighted by atomic mass is 35.5. The Morgan fingerprint density at radius 3 is 2.35 bits per heavy atom. The number of phenolic OH excluding ortho intramolecular Hbond substituents is 1. The third-order valence-electron chi connectivity index (χ3n) is 9.44. The lowest BCUT2D eigenvalue weighted by atomic mass is 9.58. The molecule has 0 radical (unpaired) electrons. The van der Waals surface area contributed by atoms with Crippen LogP contribution in [0.15, 0.2) is 71.9 Å². The van der Waals surface area contributed by atoms with Crippen LogP contribution in [0.5, 0.6) is 5.75 Å². The van der Waals surface area contributed by atoms with Gasteiger partial charge in [-0.3, -0.25) is 14.6 Å². The van der Waals surface area contributed by atoms with Gasteiger partial charge in [0.25, 0.3) is 0 Å². The fraction of sp³-hybridized carbons (Fsp3) is 0.343. The number of aromatic nitrogens is 1. The maximum atomic E-state index is 14.0. The van der Waals surface area contributed by atoms with Gasteiger partial charge in [0.05, 0.1) is 52.1 Å². The number of carbonyl (C=O) groups is 2. The number of phenols is 1. The number of nitrogens with zero attached hydrogens (tertiary/aromatic N) is 2. The van der Waals surface area contributed by atoms with Crippen LogP contribution in [0, 0.1) is 17.8 Å². The van der Waals surface area contributed by atoms with Crippen molar-refractivity contribution in [1.29, 1.82) is 0 Å². The van der Waals surface area contributed by atoms with Crippen LogP contribution < -0.4 is 4.90 Å². The molecule has 4 atom stereocenters. The number of anilines is 1. The Kier molecular flexibility index (Phi) is 10.1. The number of aromatic hydroxyl groups is 1. The molecule has 6 rings (SSSR count). The highest BCUT2D eigenvalue weighted by molar-refractivity contribution is 6.43. The molecule has 51 heavy (non-hydrogen) atoms. The Bertz CT molecular complexity index is 1870. The molecule has 3 aromatic rings. The van der Waals surface area contributed by atoms with E-state index in [9.17, 15) is 46.1 Å². The van der Waals surface area contributed by atoms with Crippen molar-refractivity contribution in [2.24, 2.45) is 17.8 Å². The lowest BCUT2D eigenvalue weighted by Gasteiger charge is -2.43. The lowest BCUT2D eigenvalue weighted by Crippen LogP contribution is -2.46. The zero-order chi connectivity index (χ0) is 36.8. The minimum Gasteiger partial charge on any atom is -0.508 e. The van der Waals surface area contributed by atoms with Gasteiger partial charge in [-0.25, -0.2) is 4.90 Å². The summed E-state index contributed by atoms with van der Waals surface area (Å²) in [6.07, 6.45) is -7.45. The fourth-order valence-corrected chi connectivity index (χ4v) is 7.56. The second-order valence-corrected chi connectivity index (χ2v) is 13.1. The molecule has 2 aromatic carbocycles. The molecule has 1 aromatic heterocycles. The normalized spacial score (nSPS) is 22.8. The standard InChI is InChI=1S/C35H30BClF6N2O6/c1-50-17-20-11-25-31(33(48)45(32(25)47)23-13-21(34(38,39)40)12-22(14-23)35(41,42)43)26-16-36(49)51-29(30(20)26)8-6-19(28-4-2-3-9-44-28)10-18-5-7-24(46)15-27(18)37/h2-5,7,9-10,12-15,25-26,29,31,46,49H,6,8,11,16-17H2,1H3/b19-10-/t25-,26+,29-,31-/m1/s1. The first-order valence-corrected chi connectivity index (χ1v) is 16.3. The minimum absolute atomic E-state index is 0.000311. The Hall–Kier alpha value is -4.18. The first-order valence-electron chi connectivity index (χ1n) is 15.9. The van der Waals surface area contributed by atoms with Crippen LogP contribution in [0.3, 0.4) is 0 Å². The maximum absolute atomic E-state index is 14.0. The molecule has 16 heteroatoms. The van der Waals surface area contributed by atoms with E-state index in [4.69, 9.17) is 21.0 Å². The number of hydrogen-bond donors (Lipinski definition) is 2. The predicted octanol–water partition coefficient (Wildman–Crippen LogP) is 7.45.